The summed E-state index contributed by atoms with van der Waals surface area (Å²) in [6, 6.07) is 12.1. The number of benzene rings is 2. The van der Waals surface area contributed by atoms with Crippen molar-refractivity contribution in [2.24, 2.45) is 5.92 Å². The number of carbonyl (C=O) groups excluding carboxylic acids is 1. The first-order valence-electron chi connectivity index (χ1n) is 8.39. The zero-order valence-electron chi connectivity index (χ0n) is 13.4. The number of anilines is 1. The van der Waals surface area contributed by atoms with E-state index in [-0.39, 0.29) is 12.0 Å². The number of piperidine rings is 1. The van der Waals surface area contributed by atoms with Gasteiger partial charge in [-0.2, -0.15) is 0 Å². The van der Waals surface area contributed by atoms with Crippen LogP contribution in [0.15, 0.2) is 36.4 Å². The third-order valence-electron chi connectivity index (χ3n) is 5.30. The molecule has 2 aromatic rings. The number of rotatable bonds is 3. The van der Waals surface area contributed by atoms with Crippen molar-refractivity contribution in [2.75, 3.05) is 24.7 Å². The highest BCUT2D eigenvalue weighted by atomic mass is 16.3. The van der Waals surface area contributed by atoms with E-state index in [9.17, 15) is 9.90 Å². The summed E-state index contributed by atoms with van der Waals surface area (Å²) in [5.41, 5.74) is 1.85. The van der Waals surface area contributed by atoms with Crippen molar-refractivity contribution in [3.63, 3.8) is 0 Å². The van der Waals surface area contributed by atoms with Crippen molar-refractivity contribution in [1.82, 2.24) is 4.90 Å². The molecule has 1 unspecified atom stereocenters. The summed E-state index contributed by atoms with van der Waals surface area (Å²) in [6.45, 7) is 4.39. The number of hydrogen-bond acceptors (Lipinski definition) is 3. The van der Waals surface area contributed by atoms with Gasteiger partial charge in [-0.1, -0.05) is 24.3 Å². The average Bonchev–Trinajstić information content (AvgIpc) is 2.84. The molecule has 1 atom stereocenters. The largest absolute Gasteiger partial charge is 0.393 e. The summed E-state index contributed by atoms with van der Waals surface area (Å²) in [5, 5.41) is 11.9. The van der Waals surface area contributed by atoms with Gasteiger partial charge in [0.05, 0.1) is 18.5 Å². The van der Waals surface area contributed by atoms with Gasteiger partial charge in [0.1, 0.15) is 0 Å². The average molecular weight is 310 g/mol. The highest BCUT2D eigenvalue weighted by Gasteiger charge is 2.32. The van der Waals surface area contributed by atoms with Gasteiger partial charge in [0.25, 0.3) is 5.91 Å². The van der Waals surface area contributed by atoms with Gasteiger partial charge in [-0.05, 0) is 43.2 Å². The molecule has 4 rings (SSSR count). The molecule has 2 aliphatic heterocycles. The molecule has 0 bridgehead atoms. The number of aliphatic hydroxyl groups excluding tert-OH is 1. The Morgan fingerprint density at radius 2 is 1.87 bits per heavy atom. The summed E-state index contributed by atoms with van der Waals surface area (Å²) in [6.07, 6.45) is 1.76. The van der Waals surface area contributed by atoms with Crippen molar-refractivity contribution in [2.45, 2.75) is 25.9 Å². The molecule has 0 radical (unpaired) electrons. The summed E-state index contributed by atoms with van der Waals surface area (Å²) >= 11 is 0. The van der Waals surface area contributed by atoms with Crippen molar-refractivity contribution >= 4 is 22.4 Å². The maximum Gasteiger partial charge on any atom is 0.260 e. The van der Waals surface area contributed by atoms with E-state index in [0.717, 1.165) is 48.0 Å². The predicted molar refractivity (Wildman–Crippen MR) is 91.6 cm³/mol. The lowest BCUT2D eigenvalue weighted by atomic mass is 9.92. The zero-order chi connectivity index (χ0) is 16.0. The van der Waals surface area contributed by atoms with Gasteiger partial charge in [0.2, 0.25) is 0 Å². The maximum atomic E-state index is 12.8. The Morgan fingerprint density at radius 3 is 2.57 bits per heavy atom. The van der Waals surface area contributed by atoms with Crippen LogP contribution in [0.4, 0.5) is 5.69 Å². The molecule has 0 spiro atoms. The SMILES string of the molecule is CC(O)C1CCN(CN2C(=O)c3cccc4cccc2c34)CC1. The number of nitrogens with zero attached hydrogens (tertiary/aromatic N) is 2. The Bertz CT molecular complexity index is 743. The first-order chi connectivity index (χ1) is 11.1. The number of carbonyl (C=O) groups is 1. The van der Waals surface area contributed by atoms with E-state index in [0.29, 0.717) is 12.6 Å². The topological polar surface area (TPSA) is 43.8 Å². The van der Waals surface area contributed by atoms with E-state index >= 15 is 0 Å². The van der Waals surface area contributed by atoms with Crippen molar-refractivity contribution in [3.8, 4) is 0 Å². The Hall–Kier alpha value is -1.91. The molecule has 0 aliphatic carbocycles. The van der Waals surface area contributed by atoms with Crippen molar-refractivity contribution < 1.29 is 9.90 Å². The van der Waals surface area contributed by atoms with E-state index in [2.05, 4.69) is 17.0 Å². The standard InChI is InChI=1S/C19H22N2O2/c1-13(22)14-8-10-20(11-9-14)12-21-17-7-3-5-15-4-2-6-16(18(15)17)19(21)23/h2-7,13-14,22H,8-12H2,1H3. The van der Waals surface area contributed by atoms with Gasteiger partial charge < -0.3 is 5.11 Å². The number of aliphatic hydroxyl groups is 1. The molecule has 0 aromatic heterocycles. The van der Waals surface area contributed by atoms with Crippen LogP contribution in [-0.2, 0) is 0 Å². The fourth-order valence-electron chi connectivity index (χ4n) is 3.90. The quantitative estimate of drug-likeness (QED) is 0.948. The first-order valence-corrected chi connectivity index (χ1v) is 8.39. The monoisotopic (exact) mass is 310 g/mol. The highest BCUT2D eigenvalue weighted by Crippen LogP contribution is 2.37. The molecule has 1 saturated heterocycles. The van der Waals surface area contributed by atoms with Crippen LogP contribution in [0.3, 0.4) is 0 Å². The Kier molecular flexibility index (Phi) is 3.58. The second-order valence-electron chi connectivity index (χ2n) is 6.75. The van der Waals surface area contributed by atoms with E-state index in [1.54, 1.807) is 0 Å². The van der Waals surface area contributed by atoms with Crippen LogP contribution in [0.1, 0.15) is 30.1 Å². The lowest BCUT2D eigenvalue weighted by molar-refractivity contribution is 0.0698. The Labute approximate surface area is 136 Å². The fraction of sp³-hybridized carbons (Fsp3) is 0.421. The van der Waals surface area contributed by atoms with Gasteiger partial charge in [-0.3, -0.25) is 14.6 Å². The van der Waals surface area contributed by atoms with Crippen molar-refractivity contribution in [3.05, 3.63) is 42.0 Å². The zero-order valence-corrected chi connectivity index (χ0v) is 13.4. The highest BCUT2D eigenvalue weighted by molar-refractivity contribution is 6.24. The third-order valence-corrected chi connectivity index (χ3v) is 5.30. The molecule has 120 valence electrons. The van der Waals surface area contributed by atoms with E-state index in [1.165, 1.54) is 0 Å². The molecule has 23 heavy (non-hydrogen) atoms. The summed E-state index contributed by atoms with van der Waals surface area (Å²) in [4.78, 5) is 17.0. The van der Waals surface area contributed by atoms with Crippen LogP contribution >= 0.6 is 0 Å². The number of amides is 1. The minimum Gasteiger partial charge on any atom is -0.393 e. The molecule has 4 heteroatoms. The Morgan fingerprint density at radius 1 is 1.17 bits per heavy atom. The molecular formula is C19H22N2O2. The molecule has 1 N–H and O–H groups in total. The smallest absolute Gasteiger partial charge is 0.260 e. The van der Waals surface area contributed by atoms with Gasteiger partial charge in [-0.25, -0.2) is 0 Å². The molecule has 2 aromatic carbocycles. The van der Waals surface area contributed by atoms with Crippen LogP contribution in [-0.4, -0.2) is 41.8 Å². The van der Waals surface area contributed by atoms with Crippen LogP contribution < -0.4 is 4.90 Å². The molecule has 1 amide bonds. The maximum absolute atomic E-state index is 12.8. The van der Waals surface area contributed by atoms with Gasteiger partial charge in [0.15, 0.2) is 0 Å². The summed E-state index contributed by atoms with van der Waals surface area (Å²) in [7, 11) is 0. The second-order valence-corrected chi connectivity index (χ2v) is 6.75. The second kappa shape index (κ2) is 5.62. The Balaban J connectivity index is 1.56. The predicted octanol–water partition coefficient (Wildman–Crippen LogP) is 2.85. The van der Waals surface area contributed by atoms with E-state index in [4.69, 9.17) is 0 Å². The van der Waals surface area contributed by atoms with Crippen LogP contribution in [0.2, 0.25) is 0 Å². The van der Waals surface area contributed by atoms with Crippen LogP contribution in [0.25, 0.3) is 10.8 Å². The molecule has 0 saturated carbocycles. The number of hydrogen-bond donors (Lipinski definition) is 1. The van der Waals surface area contributed by atoms with Crippen molar-refractivity contribution in [1.29, 1.82) is 0 Å². The fourth-order valence-corrected chi connectivity index (χ4v) is 3.90. The van der Waals surface area contributed by atoms with Gasteiger partial charge >= 0.3 is 0 Å². The molecular weight excluding hydrogens is 288 g/mol. The number of likely N-dealkylation sites (tertiary alicyclic amines) is 1. The first kappa shape index (κ1) is 14.7. The molecule has 4 nitrogen and oxygen atoms in total. The van der Waals surface area contributed by atoms with E-state index in [1.807, 2.05) is 36.1 Å². The van der Waals surface area contributed by atoms with Crippen LogP contribution in [0.5, 0.6) is 0 Å². The van der Waals surface area contributed by atoms with Crippen LogP contribution in [0, 0.1) is 5.92 Å². The third kappa shape index (κ3) is 2.42. The molecule has 2 heterocycles. The van der Waals surface area contributed by atoms with E-state index < -0.39 is 0 Å². The lowest BCUT2D eigenvalue weighted by Crippen LogP contribution is -2.44. The lowest BCUT2D eigenvalue weighted by Gasteiger charge is -2.35. The molecule has 2 aliphatic rings. The summed E-state index contributed by atoms with van der Waals surface area (Å²) < 4.78 is 0. The minimum absolute atomic E-state index is 0.106. The normalized spacial score (nSPS) is 20.4. The minimum atomic E-state index is -0.233. The van der Waals surface area contributed by atoms with Gasteiger partial charge in [-0.15, -0.1) is 0 Å². The molecule has 1 fully saturated rings. The summed E-state index contributed by atoms with van der Waals surface area (Å²) in [5.74, 6) is 0.496. The van der Waals surface area contributed by atoms with Gasteiger partial charge in [0, 0.05) is 24.0 Å².